The van der Waals surface area contributed by atoms with E-state index in [1.165, 1.54) is 32.4 Å². The lowest BCUT2D eigenvalue weighted by Gasteiger charge is -2.17. The molecule has 2 N–H and O–H groups in total. The highest BCUT2D eigenvalue weighted by Crippen LogP contribution is 2.62. The molecule has 0 spiro atoms. The van der Waals surface area contributed by atoms with Crippen molar-refractivity contribution in [2.24, 2.45) is 10.8 Å². The second-order valence-electron chi connectivity index (χ2n) is 6.42. The maximum atomic E-state index is 3.87. The van der Waals surface area contributed by atoms with E-state index in [9.17, 15) is 0 Å². The Bertz CT molecular complexity index is 211. The van der Waals surface area contributed by atoms with Gasteiger partial charge in [0.05, 0.1) is 0 Å². The Morgan fingerprint density at radius 2 is 1.67 bits per heavy atom. The number of rotatable bonds is 2. The van der Waals surface area contributed by atoms with Gasteiger partial charge >= 0.3 is 0 Å². The highest BCUT2D eigenvalue weighted by Gasteiger charge is 2.64. The molecule has 15 heavy (non-hydrogen) atoms. The molecule has 2 nitrogen and oxygen atoms in total. The smallest absolute Gasteiger partial charge is 0.0183 e. The number of nitrogens with one attached hydrogen (secondary N) is 2. The molecule has 0 aromatic heterocycles. The van der Waals surface area contributed by atoms with E-state index < -0.39 is 0 Å². The second-order valence-corrected chi connectivity index (χ2v) is 6.42. The summed E-state index contributed by atoms with van der Waals surface area (Å²) in [5, 5.41) is 7.35. The van der Waals surface area contributed by atoms with E-state index in [0.717, 1.165) is 6.04 Å². The minimum absolute atomic E-state index is 0.479. The van der Waals surface area contributed by atoms with E-state index >= 15 is 0 Å². The zero-order valence-corrected chi connectivity index (χ0v) is 10.7. The molecule has 2 rings (SSSR count). The van der Waals surface area contributed by atoms with Crippen molar-refractivity contribution in [3.8, 4) is 0 Å². The van der Waals surface area contributed by atoms with Gasteiger partial charge in [0, 0.05) is 12.1 Å². The van der Waals surface area contributed by atoms with Crippen molar-refractivity contribution in [3.05, 3.63) is 0 Å². The first kappa shape index (κ1) is 11.4. The second kappa shape index (κ2) is 3.74. The Kier molecular flexibility index (Phi) is 2.85. The van der Waals surface area contributed by atoms with Gasteiger partial charge in [-0.05, 0) is 43.2 Å². The average molecular weight is 210 g/mol. The lowest BCUT2D eigenvalue weighted by molar-refractivity contribution is 0.427. The first-order valence-electron chi connectivity index (χ1n) is 6.43. The third-order valence-corrected chi connectivity index (χ3v) is 5.00. The summed E-state index contributed by atoms with van der Waals surface area (Å²) in [6.45, 7) is 11.9. The Morgan fingerprint density at radius 1 is 1.00 bits per heavy atom. The van der Waals surface area contributed by atoms with Crippen LogP contribution in [-0.2, 0) is 0 Å². The van der Waals surface area contributed by atoms with Gasteiger partial charge in [-0.15, -0.1) is 0 Å². The first-order valence-corrected chi connectivity index (χ1v) is 6.43. The minimum atomic E-state index is 0.479. The quantitative estimate of drug-likeness (QED) is 0.730. The van der Waals surface area contributed by atoms with E-state index in [2.05, 4.69) is 38.3 Å². The van der Waals surface area contributed by atoms with E-state index in [0.29, 0.717) is 16.9 Å². The van der Waals surface area contributed by atoms with E-state index in [1.807, 2.05) is 0 Å². The molecular formula is C13H26N2. The van der Waals surface area contributed by atoms with Crippen molar-refractivity contribution >= 4 is 0 Å². The lowest BCUT2D eigenvalue weighted by atomic mass is 10.0. The molecule has 0 aromatic rings. The predicted octanol–water partition coefficient (Wildman–Crippen LogP) is 2.15. The maximum Gasteiger partial charge on any atom is 0.0183 e. The summed E-state index contributed by atoms with van der Waals surface area (Å²) in [6, 6.07) is 1.46. The Hall–Kier alpha value is -0.0800. The molecule has 1 saturated heterocycles. The van der Waals surface area contributed by atoms with E-state index in [4.69, 9.17) is 0 Å². The van der Waals surface area contributed by atoms with Crippen molar-refractivity contribution < 1.29 is 0 Å². The van der Waals surface area contributed by atoms with Gasteiger partial charge < -0.3 is 10.6 Å². The normalized spacial score (nSPS) is 34.8. The molecule has 1 atom stereocenters. The first-order chi connectivity index (χ1) is 6.96. The molecule has 1 unspecified atom stereocenters. The molecule has 1 saturated carbocycles. The van der Waals surface area contributed by atoms with Crippen LogP contribution in [0, 0.1) is 10.8 Å². The number of hydrogen-bond acceptors (Lipinski definition) is 2. The summed E-state index contributed by atoms with van der Waals surface area (Å²) in [5.41, 5.74) is 0.958. The van der Waals surface area contributed by atoms with Gasteiger partial charge in [-0.2, -0.15) is 0 Å². The van der Waals surface area contributed by atoms with Gasteiger partial charge in [-0.25, -0.2) is 0 Å². The molecule has 2 heteroatoms. The molecule has 1 aliphatic heterocycles. The summed E-state index contributed by atoms with van der Waals surface area (Å²) in [7, 11) is 0. The molecule has 1 heterocycles. The van der Waals surface area contributed by atoms with Crippen LogP contribution in [0.25, 0.3) is 0 Å². The Labute approximate surface area is 94.2 Å². The molecule has 1 aliphatic carbocycles. The SMILES string of the molecule is CC1(C)C(NC2CCCNCC2)C1(C)C. The predicted molar refractivity (Wildman–Crippen MR) is 65.0 cm³/mol. The van der Waals surface area contributed by atoms with Crippen LogP contribution in [0.2, 0.25) is 0 Å². The summed E-state index contributed by atoms with van der Waals surface area (Å²) >= 11 is 0. The highest BCUT2D eigenvalue weighted by atomic mass is 15.1. The number of hydrogen-bond donors (Lipinski definition) is 2. The highest BCUT2D eigenvalue weighted by molar-refractivity contribution is 5.18. The Morgan fingerprint density at radius 3 is 2.27 bits per heavy atom. The van der Waals surface area contributed by atoms with Crippen LogP contribution in [0.15, 0.2) is 0 Å². The van der Waals surface area contributed by atoms with Crippen molar-refractivity contribution in [1.82, 2.24) is 10.6 Å². The fourth-order valence-corrected chi connectivity index (χ4v) is 3.03. The summed E-state index contributed by atoms with van der Waals surface area (Å²) in [4.78, 5) is 0. The van der Waals surface area contributed by atoms with Gasteiger partial charge in [0.2, 0.25) is 0 Å². The molecular weight excluding hydrogens is 184 g/mol. The molecule has 0 radical (unpaired) electrons. The fourth-order valence-electron chi connectivity index (χ4n) is 3.03. The average Bonchev–Trinajstić information content (AvgIpc) is 2.68. The summed E-state index contributed by atoms with van der Waals surface area (Å²) < 4.78 is 0. The van der Waals surface area contributed by atoms with Gasteiger partial charge in [-0.3, -0.25) is 0 Å². The van der Waals surface area contributed by atoms with Gasteiger partial charge in [0.25, 0.3) is 0 Å². The van der Waals surface area contributed by atoms with Crippen LogP contribution in [0.1, 0.15) is 47.0 Å². The van der Waals surface area contributed by atoms with Crippen LogP contribution < -0.4 is 10.6 Å². The van der Waals surface area contributed by atoms with E-state index in [-0.39, 0.29) is 0 Å². The van der Waals surface area contributed by atoms with Crippen LogP contribution in [0.3, 0.4) is 0 Å². The third-order valence-electron chi connectivity index (χ3n) is 5.00. The van der Waals surface area contributed by atoms with E-state index in [1.54, 1.807) is 0 Å². The third kappa shape index (κ3) is 1.94. The standard InChI is InChI=1S/C13H26N2/c1-12(2)11(13(12,3)4)15-10-6-5-8-14-9-7-10/h10-11,14-15H,5-9H2,1-4H3. The molecule has 0 amide bonds. The zero-order valence-electron chi connectivity index (χ0n) is 10.7. The van der Waals surface area contributed by atoms with Crippen molar-refractivity contribution in [1.29, 1.82) is 0 Å². The molecule has 2 fully saturated rings. The Balaban J connectivity index is 1.87. The minimum Gasteiger partial charge on any atom is -0.317 e. The maximum absolute atomic E-state index is 3.87. The van der Waals surface area contributed by atoms with Gasteiger partial charge in [0.1, 0.15) is 0 Å². The van der Waals surface area contributed by atoms with Crippen LogP contribution >= 0.6 is 0 Å². The van der Waals surface area contributed by atoms with Crippen molar-refractivity contribution in [2.45, 2.75) is 59.0 Å². The molecule has 2 aliphatic rings. The summed E-state index contributed by atoms with van der Waals surface area (Å²) in [6.07, 6.45) is 3.96. The topological polar surface area (TPSA) is 24.1 Å². The molecule has 0 aromatic carbocycles. The van der Waals surface area contributed by atoms with Gasteiger partial charge in [-0.1, -0.05) is 27.7 Å². The van der Waals surface area contributed by atoms with Gasteiger partial charge in [0.15, 0.2) is 0 Å². The zero-order chi connectivity index (χ0) is 11.1. The van der Waals surface area contributed by atoms with Crippen molar-refractivity contribution in [2.75, 3.05) is 13.1 Å². The largest absolute Gasteiger partial charge is 0.317 e. The molecule has 88 valence electrons. The monoisotopic (exact) mass is 210 g/mol. The van der Waals surface area contributed by atoms with Crippen LogP contribution in [-0.4, -0.2) is 25.2 Å². The lowest BCUT2D eigenvalue weighted by Crippen LogP contribution is -2.34. The van der Waals surface area contributed by atoms with Crippen LogP contribution in [0.5, 0.6) is 0 Å². The fraction of sp³-hybridized carbons (Fsp3) is 1.00. The van der Waals surface area contributed by atoms with Crippen molar-refractivity contribution in [3.63, 3.8) is 0 Å². The summed E-state index contributed by atoms with van der Waals surface area (Å²) in [5.74, 6) is 0. The van der Waals surface area contributed by atoms with Crippen LogP contribution in [0.4, 0.5) is 0 Å². The molecule has 0 bridgehead atoms.